The summed E-state index contributed by atoms with van der Waals surface area (Å²) in [5.41, 5.74) is 2.26. The number of nitrogens with one attached hydrogen (secondary N) is 2. The molecule has 7 nitrogen and oxygen atoms in total. The molecule has 1 fully saturated rings. The van der Waals surface area contributed by atoms with Gasteiger partial charge in [-0.3, -0.25) is 4.90 Å². The van der Waals surface area contributed by atoms with Gasteiger partial charge in [0.05, 0.1) is 13.2 Å². The van der Waals surface area contributed by atoms with Crippen molar-refractivity contribution in [2.75, 3.05) is 66.6 Å². The summed E-state index contributed by atoms with van der Waals surface area (Å²) in [6.45, 7) is 14.4. The maximum absolute atomic E-state index is 5.89. The Labute approximate surface area is 176 Å². The van der Waals surface area contributed by atoms with Crippen LogP contribution in [-0.4, -0.2) is 88.4 Å². The molecule has 1 saturated heterocycles. The molecule has 0 bridgehead atoms. The van der Waals surface area contributed by atoms with Crippen molar-refractivity contribution in [3.8, 4) is 5.75 Å². The normalized spacial score (nSPS) is 17.2. The molecule has 1 unspecified atom stereocenters. The predicted molar refractivity (Wildman–Crippen MR) is 120 cm³/mol. The van der Waals surface area contributed by atoms with Gasteiger partial charge in [-0.1, -0.05) is 12.1 Å². The molecule has 1 aromatic rings. The van der Waals surface area contributed by atoms with Crippen molar-refractivity contribution in [3.63, 3.8) is 0 Å². The van der Waals surface area contributed by atoms with Crippen LogP contribution in [-0.2, 0) is 11.3 Å². The monoisotopic (exact) mass is 405 g/mol. The number of methoxy groups -OCH3 is 1. The van der Waals surface area contributed by atoms with Crippen molar-refractivity contribution in [1.29, 1.82) is 0 Å². The lowest BCUT2D eigenvalue weighted by molar-refractivity contribution is 0.120. The highest BCUT2D eigenvalue weighted by molar-refractivity contribution is 5.79. The zero-order valence-electron chi connectivity index (χ0n) is 18.8. The fraction of sp³-hybridized carbons (Fsp3) is 0.682. The number of nitrogens with zero attached hydrogens (tertiary/aromatic N) is 3. The fourth-order valence-electron chi connectivity index (χ4n) is 3.30. The average molecular weight is 406 g/mol. The summed E-state index contributed by atoms with van der Waals surface area (Å²) in [7, 11) is 3.87. The van der Waals surface area contributed by atoms with Crippen LogP contribution in [0.1, 0.15) is 25.0 Å². The molecule has 2 rings (SSSR count). The van der Waals surface area contributed by atoms with Gasteiger partial charge < -0.3 is 25.0 Å². The lowest BCUT2D eigenvalue weighted by atomic mass is 10.1. The van der Waals surface area contributed by atoms with Gasteiger partial charge in [-0.15, -0.1) is 0 Å². The minimum absolute atomic E-state index is 0.472. The highest BCUT2D eigenvalue weighted by atomic mass is 16.5. The van der Waals surface area contributed by atoms with E-state index in [9.17, 15) is 0 Å². The van der Waals surface area contributed by atoms with Crippen LogP contribution in [0.5, 0.6) is 5.75 Å². The lowest BCUT2D eigenvalue weighted by Gasteiger charge is -2.36. The summed E-state index contributed by atoms with van der Waals surface area (Å²) in [5.74, 6) is 1.73. The number of hydrogen-bond acceptors (Lipinski definition) is 5. The van der Waals surface area contributed by atoms with Crippen molar-refractivity contribution in [3.05, 3.63) is 29.3 Å². The van der Waals surface area contributed by atoms with Crippen molar-refractivity contribution in [2.24, 2.45) is 4.99 Å². The van der Waals surface area contributed by atoms with Crippen molar-refractivity contribution < 1.29 is 9.47 Å². The number of hydrogen-bond donors (Lipinski definition) is 2. The van der Waals surface area contributed by atoms with Crippen LogP contribution in [0, 0.1) is 6.92 Å². The molecule has 0 spiro atoms. The summed E-state index contributed by atoms with van der Waals surface area (Å²) in [5, 5.41) is 6.86. The molecular weight excluding hydrogens is 366 g/mol. The zero-order chi connectivity index (χ0) is 21.1. The smallest absolute Gasteiger partial charge is 0.191 e. The fourth-order valence-corrected chi connectivity index (χ4v) is 3.30. The second-order valence-corrected chi connectivity index (χ2v) is 7.72. The maximum Gasteiger partial charge on any atom is 0.191 e. The van der Waals surface area contributed by atoms with Crippen LogP contribution < -0.4 is 15.4 Å². The first-order valence-corrected chi connectivity index (χ1v) is 10.7. The SMILES string of the molecule is CCNC(=NCc1ccc(C)cc1OCCOC)NCC(C)N1CCN(C)CC1. The minimum atomic E-state index is 0.472. The average Bonchev–Trinajstić information content (AvgIpc) is 2.71. The third-order valence-electron chi connectivity index (χ3n) is 5.25. The standard InChI is InChI=1S/C22H39N5O2/c1-6-23-22(24-16-19(3)27-11-9-26(4)10-12-27)25-17-20-8-7-18(2)15-21(20)29-14-13-28-5/h7-8,15,19H,6,9-14,16-17H2,1-5H3,(H2,23,24,25). The number of aryl methyl sites for hydroxylation is 1. The Bertz CT molecular complexity index is 630. The summed E-state index contributed by atoms with van der Waals surface area (Å²) in [6, 6.07) is 6.73. The molecule has 29 heavy (non-hydrogen) atoms. The topological polar surface area (TPSA) is 61.4 Å². The second kappa shape index (κ2) is 12.7. The van der Waals surface area contributed by atoms with Gasteiger partial charge in [0.25, 0.3) is 0 Å². The van der Waals surface area contributed by atoms with E-state index >= 15 is 0 Å². The summed E-state index contributed by atoms with van der Waals surface area (Å²) >= 11 is 0. The quantitative estimate of drug-likeness (QED) is 0.351. The van der Waals surface area contributed by atoms with E-state index in [-0.39, 0.29) is 0 Å². The largest absolute Gasteiger partial charge is 0.491 e. The molecule has 1 aromatic carbocycles. The Kier molecular flexibility index (Phi) is 10.2. The van der Waals surface area contributed by atoms with Gasteiger partial charge in [-0.05, 0) is 39.4 Å². The van der Waals surface area contributed by atoms with Gasteiger partial charge in [-0.2, -0.15) is 0 Å². The minimum Gasteiger partial charge on any atom is -0.491 e. The van der Waals surface area contributed by atoms with E-state index in [0.29, 0.717) is 25.8 Å². The lowest BCUT2D eigenvalue weighted by Crippen LogP contribution is -2.52. The molecule has 1 aliphatic heterocycles. The van der Waals surface area contributed by atoms with Crippen LogP contribution in [0.4, 0.5) is 0 Å². The molecule has 7 heteroatoms. The molecule has 164 valence electrons. The third-order valence-corrected chi connectivity index (χ3v) is 5.25. The Morgan fingerprint density at radius 2 is 1.93 bits per heavy atom. The number of guanidine groups is 1. The summed E-state index contributed by atoms with van der Waals surface area (Å²) in [4.78, 5) is 9.71. The van der Waals surface area contributed by atoms with E-state index in [4.69, 9.17) is 14.5 Å². The maximum atomic E-state index is 5.89. The molecule has 0 saturated carbocycles. The predicted octanol–water partition coefficient (Wildman–Crippen LogP) is 1.71. The number of benzene rings is 1. The highest BCUT2D eigenvalue weighted by Gasteiger charge is 2.19. The number of piperazine rings is 1. The van der Waals surface area contributed by atoms with Gasteiger partial charge in [0.15, 0.2) is 5.96 Å². The van der Waals surface area contributed by atoms with Gasteiger partial charge >= 0.3 is 0 Å². The van der Waals surface area contributed by atoms with Gasteiger partial charge in [-0.25, -0.2) is 4.99 Å². The molecule has 1 aliphatic rings. The van der Waals surface area contributed by atoms with Crippen molar-refractivity contribution in [2.45, 2.75) is 33.4 Å². The number of aliphatic imine (C=N–C) groups is 1. The van der Waals surface area contributed by atoms with Crippen LogP contribution in [0.3, 0.4) is 0 Å². The van der Waals surface area contributed by atoms with Gasteiger partial charge in [0.2, 0.25) is 0 Å². The molecule has 1 atom stereocenters. The first kappa shape index (κ1) is 23.4. The van der Waals surface area contributed by atoms with Gasteiger partial charge in [0, 0.05) is 58.0 Å². The van der Waals surface area contributed by atoms with Crippen molar-refractivity contribution >= 4 is 5.96 Å². The number of rotatable bonds is 10. The first-order valence-electron chi connectivity index (χ1n) is 10.7. The summed E-state index contributed by atoms with van der Waals surface area (Å²) in [6.07, 6.45) is 0. The molecule has 2 N–H and O–H groups in total. The van der Waals surface area contributed by atoms with E-state index in [1.807, 2.05) is 0 Å². The Morgan fingerprint density at radius 1 is 1.17 bits per heavy atom. The second-order valence-electron chi connectivity index (χ2n) is 7.72. The van der Waals surface area contributed by atoms with Crippen LogP contribution in [0.15, 0.2) is 23.2 Å². The first-order chi connectivity index (χ1) is 14.0. The third kappa shape index (κ3) is 8.20. The van der Waals surface area contributed by atoms with E-state index in [1.54, 1.807) is 7.11 Å². The molecule has 0 radical (unpaired) electrons. The summed E-state index contributed by atoms with van der Waals surface area (Å²) < 4.78 is 11.0. The Morgan fingerprint density at radius 3 is 2.62 bits per heavy atom. The van der Waals surface area contributed by atoms with E-state index in [2.05, 4.69) is 66.5 Å². The van der Waals surface area contributed by atoms with E-state index in [0.717, 1.165) is 56.5 Å². The van der Waals surface area contributed by atoms with E-state index < -0.39 is 0 Å². The van der Waals surface area contributed by atoms with Crippen LogP contribution in [0.2, 0.25) is 0 Å². The number of ether oxygens (including phenoxy) is 2. The molecule has 0 aromatic heterocycles. The molecular formula is C22H39N5O2. The van der Waals surface area contributed by atoms with E-state index in [1.165, 1.54) is 5.56 Å². The molecule has 0 amide bonds. The molecule has 0 aliphatic carbocycles. The highest BCUT2D eigenvalue weighted by Crippen LogP contribution is 2.21. The van der Waals surface area contributed by atoms with Gasteiger partial charge in [0.1, 0.15) is 12.4 Å². The molecule has 1 heterocycles. The van der Waals surface area contributed by atoms with Crippen molar-refractivity contribution in [1.82, 2.24) is 20.4 Å². The zero-order valence-corrected chi connectivity index (χ0v) is 18.8. The van der Waals surface area contributed by atoms with Crippen LogP contribution in [0.25, 0.3) is 0 Å². The number of likely N-dealkylation sites (N-methyl/N-ethyl adjacent to an activating group) is 1. The Balaban J connectivity index is 1.94. The van der Waals surface area contributed by atoms with Crippen LogP contribution >= 0.6 is 0 Å². The Hall–Kier alpha value is -1.83.